The molecule has 0 radical (unpaired) electrons. The van der Waals surface area contributed by atoms with E-state index in [0.29, 0.717) is 5.56 Å². The van der Waals surface area contributed by atoms with Gasteiger partial charge in [0, 0.05) is 46.9 Å². The van der Waals surface area contributed by atoms with E-state index >= 15 is 0 Å². The second-order valence-corrected chi connectivity index (χ2v) is 8.78. The van der Waals surface area contributed by atoms with Gasteiger partial charge in [-0.05, 0) is 42.3 Å². The van der Waals surface area contributed by atoms with Crippen molar-refractivity contribution in [1.82, 2.24) is 10.2 Å². The molecule has 0 bridgehead atoms. The maximum atomic E-state index is 12.1. The lowest BCUT2D eigenvalue weighted by Gasteiger charge is -2.26. The molecule has 0 aromatic heterocycles. The fourth-order valence-electron chi connectivity index (χ4n) is 2.96. The third-order valence-electron chi connectivity index (χ3n) is 4.55. The van der Waals surface area contributed by atoms with Crippen molar-refractivity contribution in [3.63, 3.8) is 0 Å². The van der Waals surface area contributed by atoms with Gasteiger partial charge in [-0.15, -0.1) is 0 Å². The summed E-state index contributed by atoms with van der Waals surface area (Å²) in [6, 6.07) is 15.0. The van der Waals surface area contributed by atoms with Crippen LogP contribution in [-0.2, 0) is 11.2 Å². The minimum Gasteiger partial charge on any atom is -0.343 e. The zero-order chi connectivity index (χ0) is 19.8. The van der Waals surface area contributed by atoms with Crippen molar-refractivity contribution >= 4 is 45.2 Å². The minimum absolute atomic E-state index is 0.0694. The number of carbonyl (C=O) groups is 2. The van der Waals surface area contributed by atoms with Crippen LogP contribution < -0.4 is 10.6 Å². The van der Waals surface area contributed by atoms with Crippen LogP contribution in [0.25, 0.3) is 0 Å². The molecular weight excluding hydrogens is 438 g/mol. The summed E-state index contributed by atoms with van der Waals surface area (Å²) < 4.78 is 0.823. The smallest absolute Gasteiger partial charge is 0.251 e. The van der Waals surface area contributed by atoms with Crippen molar-refractivity contribution in [3.05, 3.63) is 64.1 Å². The summed E-state index contributed by atoms with van der Waals surface area (Å²) in [7, 11) is 0. The number of hydrogen-bond acceptors (Lipinski definition) is 4. The Balaban J connectivity index is 1.41. The standard InChI is InChI=1S/C21H24BrN3O2S/c22-18-3-1-2-17(14-18)21(27)23-15-20(26)24-19-6-4-16(5-7-19)8-9-25-10-12-28-13-11-25/h1-7,14H,8-13,15H2,(H,23,27)(H,24,26). The quantitative estimate of drug-likeness (QED) is 0.662. The van der Waals surface area contributed by atoms with Gasteiger partial charge in [-0.1, -0.05) is 34.1 Å². The van der Waals surface area contributed by atoms with Gasteiger partial charge < -0.3 is 15.5 Å². The van der Waals surface area contributed by atoms with Crippen LogP contribution in [0.3, 0.4) is 0 Å². The van der Waals surface area contributed by atoms with E-state index < -0.39 is 0 Å². The Bertz CT molecular complexity index is 808. The largest absolute Gasteiger partial charge is 0.343 e. The van der Waals surface area contributed by atoms with Gasteiger partial charge in [0.15, 0.2) is 0 Å². The predicted molar refractivity (Wildman–Crippen MR) is 119 cm³/mol. The highest BCUT2D eigenvalue weighted by molar-refractivity contribution is 9.10. The average Bonchev–Trinajstić information content (AvgIpc) is 2.72. The maximum absolute atomic E-state index is 12.1. The molecule has 0 atom stereocenters. The predicted octanol–water partition coefficient (Wildman–Crippen LogP) is 3.41. The third kappa shape index (κ3) is 6.65. The molecule has 2 aromatic carbocycles. The van der Waals surface area contributed by atoms with Crippen LogP contribution in [0, 0.1) is 0 Å². The number of benzene rings is 2. The Kier molecular flexibility index (Phi) is 7.94. The zero-order valence-corrected chi connectivity index (χ0v) is 18.0. The van der Waals surface area contributed by atoms with Crippen LogP contribution in [0.4, 0.5) is 5.69 Å². The van der Waals surface area contributed by atoms with Gasteiger partial charge in [0.2, 0.25) is 5.91 Å². The molecule has 5 nitrogen and oxygen atoms in total. The van der Waals surface area contributed by atoms with Gasteiger partial charge in [-0.2, -0.15) is 11.8 Å². The molecule has 1 aliphatic heterocycles. The third-order valence-corrected chi connectivity index (χ3v) is 5.99. The number of nitrogens with zero attached hydrogens (tertiary/aromatic N) is 1. The highest BCUT2D eigenvalue weighted by Crippen LogP contribution is 2.13. The Morgan fingerprint density at radius 3 is 2.54 bits per heavy atom. The fourth-order valence-corrected chi connectivity index (χ4v) is 4.34. The Hall–Kier alpha value is -1.83. The molecule has 1 saturated heterocycles. The fraction of sp³-hybridized carbons (Fsp3) is 0.333. The van der Waals surface area contributed by atoms with Crippen LogP contribution in [-0.4, -0.2) is 54.4 Å². The van der Waals surface area contributed by atoms with E-state index in [0.717, 1.165) is 23.1 Å². The van der Waals surface area contributed by atoms with Gasteiger partial charge in [0.05, 0.1) is 6.54 Å². The SMILES string of the molecule is O=C(CNC(=O)c1cccc(Br)c1)Nc1ccc(CCN2CCSCC2)cc1. The highest BCUT2D eigenvalue weighted by atomic mass is 79.9. The molecule has 0 saturated carbocycles. The number of thioether (sulfide) groups is 1. The summed E-state index contributed by atoms with van der Waals surface area (Å²) in [4.78, 5) is 26.7. The number of nitrogens with one attached hydrogen (secondary N) is 2. The van der Waals surface area contributed by atoms with E-state index in [4.69, 9.17) is 0 Å². The highest BCUT2D eigenvalue weighted by Gasteiger charge is 2.11. The molecule has 1 aliphatic rings. The lowest BCUT2D eigenvalue weighted by atomic mass is 10.1. The van der Waals surface area contributed by atoms with Crippen molar-refractivity contribution in [2.45, 2.75) is 6.42 Å². The molecule has 0 spiro atoms. The van der Waals surface area contributed by atoms with Gasteiger partial charge in [-0.3, -0.25) is 9.59 Å². The van der Waals surface area contributed by atoms with Gasteiger partial charge in [0.25, 0.3) is 5.91 Å². The summed E-state index contributed by atoms with van der Waals surface area (Å²) in [5.74, 6) is 1.93. The van der Waals surface area contributed by atoms with E-state index in [1.54, 1.807) is 18.2 Å². The molecule has 2 aromatic rings. The minimum atomic E-state index is -0.275. The molecule has 7 heteroatoms. The topological polar surface area (TPSA) is 61.4 Å². The first kappa shape index (κ1) is 20.9. The number of rotatable bonds is 7. The summed E-state index contributed by atoms with van der Waals surface area (Å²) in [6.45, 7) is 3.35. The van der Waals surface area contributed by atoms with Crippen LogP contribution in [0.1, 0.15) is 15.9 Å². The number of amides is 2. The molecule has 3 rings (SSSR count). The summed E-state index contributed by atoms with van der Waals surface area (Å²) in [5, 5.41) is 5.45. The van der Waals surface area contributed by atoms with Crippen molar-refractivity contribution in [1.29, 1.82) is 0 Å². The van der Waals surface area contributed by atoms with Crippen LogP contribution in [0.15, 0.2) is 53.0 Å². The number of carbonyl (C=O) groups excluding carboxylic acids is 2. The van der Waals surface area contributed by atoms with E-state index in [1.807, 2.05) is 42.1 Å². The Labute approximate surface area is 178 Å². The van der Waals surface area contributed by atoms with Crippen LogP contribution >= 0.6 is 27.7 Å². The van der Waals surface area contributed by atoms with Gasteiger partial charge in [-0.25, -0.2) is 0 Å². The molecular formula is C21H24BrN3O2S. The number of anilines is 1. The summed E-state index contributed by atoms with van der Waals surface area (Å²) >= 11 is 5.35. The average molecular weight is 462 g/mol. The normalized spacial score (nSPS) is 14.5. The first-order valence-corrected chi connectivity index (χ1v) is 11.3. The molecule has 0 unspecified atom stereocenters. The van der Waals surface area contributed by atoms with Crippen LogP contribution in [0.5, 0.6) is 0 Å². The van der Waals surface area contributed by atoms with Crippen LogP contribution in [0.2, 0.25) is 0 Å². The van der Waals surface area contributed by atoms with Crippen molar-refractivity contribution in [2.75, 3.05) is 43.0 Å². The Morgan fingerprint density at radius 1 is 1.07 bits per heavy atom. The number of halogens is 1. The van der Waals surface area contributed by atoms with E-state index in [1.165, 1.54) is 30.2 Å². The zero-order valence-electron chi connectivity index (χ0n) is 15.6. The van der Waals surface area contributed by atoms with Gasteiger partial charge in [0.1, 0.15) is 0 Å². The lowest BCUT2D eigenvalue weighted by Crippen LogP contribution is -2.34. The van der Waals surface area contributed by atoms with E-state index in [9.17, 15) is 9.59 Å². The first-order chi connectivity index (χ1) is 13.6. The molecule has 2 N–H and O–H groups in total. The second kappa shape index (κ2) is 10.6. The maximum Gasteiger partial charge on any atom is 0.251 e. The van der Waals surface area contributed by atoms with Gasteiger partial charge >= 0.3 is 0 Å². The molecule has 148 valence electrons. The second-order valence-electron chi connectivity index (χ2n) is 6.64. The number of hydrogen-bond donors (Lipinski definition) is 2. The lowest BCUT2D eigenvalue weighted by molar-refractivity contribution is -0.115. The Morgan fingerprint density at radius 2 is 1.82 bits per heavy atom. The molecule has 1 fully saturated rings. The summed E-state index contributed by atoms with van der Waals surface area (Å²) in [6.07, 6.45) is 1.02. The van der Waals surface area contributed by atoms with E-state index in [-0.39, 0.29) is 18.4 Å². The van der Waals surface area contributed by atoms with Crippen molar-refractivity contribution in [2.24, 2.45) is 0 Å². The monoisotopic (exact) mass is 461 g/mol. The van der Waals surface area contributed by atoms with Crippen molar-refractivity contribution < 1.29 is 9.59 Å². The molecule has 2 amide bonds. The molecule has 0 aliphatic carbocycles. The van der Waals surface area contributed by atoms with E-state index in [2.05, 4.69) is 31.5 Å². The summed E-state index contributed by atoms with van der Waals surface area (Å²) in [5.41, 5.74) is 2.51. The molecule has 28 heavy (non-hydrogen) atoms. The first-order valence-electron chi connectivity index (χ1n) is 9.33. The van der Waals surface area contributed by atoms with Crippen molar-refractivity contribution in [3.8, 4) is 0 Å². The molecule has 1 heterocycles.